The summed E-state index contributed by atoms with van der Waals surface area (Å²) in [6.07, 6.45) is 8.07. The van der Waals surface area contributed by atoms with Crippen molar-refractivity contribution in [3.8, 4) is 11.1 Å². The van der Waals surface area contributed by atoms with Gasteiger partial charge in [0.1, 0.15) is 0 Å². The lowest BCUT2D eigenvalue weighted by Crippen LogP contribution is -2.38. The van der Waals surface area contributed by atoms with E-state index in [0.29, 0.717) is 0 Å². The summed E-state index contributed by atoms with van der Waals surface area (Å²) < 4.78 is 1.26. The number of halogens is 1. The van der Waals surface area contributed by atoms with E-state index in [4.69, 9.17) is 0 Å². The maximum atomic E-state index is 3.75. The van der Waals surface area contributed by atoms with Crippen molar-refractivity contribution < 1.29 is 0 Å². The van der Waals surface area contributed by atoms with Gasteiger partial charge in [-0.05, 0) is 67.2 Å². The third-order valence-corrected chi connectivity index (χ3v) is 6.32. The van der Waals surface area contributed by atoms with E-state index in [1.165, 1.54) is 59.7 Å². The highest BCUT2D eigenvalue weighted by Crippen LogP contribution is 2.34. The molecular formula is C21H24BrN. The highest BCUT2D eigenvalue weighted by atomic mass is 79.9. The second-order valence-corrected chi connectivity index (χ2v) is 8.04. The van der Waals surface area contributed by atoms with Crippen LogP contribution in [0.15, 0.2) is 53.0 Å². The Balaban J connectivity index is 1.46. The molecule has 23 heavy (non-hydrogen) atoms. The van der Waals surface area contributed by atoms with E-state index < -0.39 is 0 Å². The monoisotopic (exact) mass is 369 g/mol. The molecule has 2 aliphatic rings. The molecule has 0 spiro atoms. The van der Waals surface area contributed by atoms with Crippen LogP contribution in [0.25, 0.3) is 11.1 Å². The Labute approximate surface area is 147 Å². The van der Waals surface area contributed by atoms with Crippen molar-refractivity contribution in [1.82, 2.24) is 5.32 Å². The van der Waals surface area contributed by atoms with Gasteiger partial charge in [0, 0.05) is 16.6 Å². The predicted octanol–water partition coefficient (Wildman–Crippen LogP) is 5.58. The second kappa shape index (κ2) is 6.78. The molecule has 0 aromatic heterocycles. The van der Waals surface area contributed by atoms with Gasteiger partial charge < -0.3 is 5.32 Å². The molecule has 0 aliphatic carbocycles. The van der Waals surface area contributed by atoms with Crippen LogP contribution in [0.5, 0.6) is 0 Å². The number of hydrogen-bond donors (Lipinski definition) is 1. The van der Waals surface area contributed by atoms with Crippen molar-refractivity contribution >= 4 is 15.9 Å². The van der Waals surface area contributed by atoms with E-state index >= 15 is 0 Å². The number of fused-ring (bicyclic) bond motifs is 2. The molecule has 2 saturated heterocycles. The molecule has 0 saturated carbocycles. The summed E-state index contributed by atoms with van der Waals surface area (Å²) in [5.41, 5.74) is 4.09. The fourth-order valence-corrected chi connectivity index (χ4v) is 4.79. The minimum Gasteiger partial charge on any atom is -0.311 e. The fourth-order valence-electron chi connectivity index (χ4n) is 4.35. The van der Waals surface area contributed by atoms with Crippen LogP contribution >= 0.6 is 15.9 Å². The van der Waals surface area contributed by atoms with Crippen LogP contribution in [0.4, 0.5) is 0 Å². The van der Waals surface area contributed by atoms with Crippen molar-refractivity contribution in [2.75, 3.05) is 0 Å². The predicted molar refractivity (Wildman–Crippen MR) is 101 cm³/mol. The third kappa shape index (κ3) is 3.54. The topological polar surface area (TPSA) is 12.0 Å². The SMILES string of the molecule is Brc1ccc(-c2ccccc2)cc1CCC1C[C@H]2CC[C@@H](C1)N2. The Morgan fingerprint density at radius 1 is 0.913 bits per heavy atom. The molecule has 2 aliphatic heterocycles. The van der Waals surface area contributed by atoms with Crippen LogP contribution in [-0.4, -0.2) is 12.1 Å². The van der Waals surface area contributed by atoms with Crippen molar-refractivity contribution in [2.45, 2.75) is 50.6 Å². The minimum atomic E-state index is 0.804. The normalized spacial score (nSPS) is 26.4. The van der Waals surface area contributed by atoms with Crippen molar-refractivity contribution in [1.29, 1.82) is 0 Å². The zero-order valence-corrected chi connectivity index (χ0v) is 15.1. The standard InChI is InChI=1S/C21H24BrN/c22-21-11-8-17(16-4-2-1-3-5-16)14-18(21)7-6-15-12-19-9-10-20(13-15)23-19/h1-5,8,11,14-15,19-20,23H,6-7,9-10,12-13H2/t15?,19-,20+. The first kappa shape index (κ1) is 15.4. The molecule has 3 atom stereocenters. The second-order valence-electron chi connectivity index (χ2n) is 7.19. The van der Waals surface area contributed by atoms with Crippen LogP contribution in [0, 0.1) is 5.92 Å². The van der Waals surface area contributed by atoms with Gasteiger partial charge in [-0.25, -0.2) is 0 Å². The van der Waals surface area contributed by atoms with Gasteiger partial charge in [0.25, 0.3) is 0 Å². The summed E-state index contributed by atoms with van der Waals surface area (Å²) in [5.74, 6) is 0.904. The molecule has 2 aromatic carbocycles. The van der Waals surface area contributed by atoms with E-state index in [9.17, 15) is 0 Å². The number of aryl methyl sites for hydroxylation is 1. The molecule has 4 rings (SSSR count). The van der Waals surface area contributed by atoms with Crippen LogP contribution in [0.2, 0.25) is 0 Å². The average molecular weight is 370 g/mol. The van der Waals surface area contributed by atoms with E-state index in [-0.39, 0.29) is 0 Å². The molecule has 2 heterocycles. The van der Waals surface area contributed by atoms with E-state index in [1.807, 2.05) is 0 Å². The van der Waals surface area contributed by atoms with Crippen molar-refractivity contribution in [3.63, 3.8) is 0 Å². The average Bonchev–Trinajstić information content (AvgIpc) is 2.93. The molecule has 120 valence electrons. The molecule has 1 nitrogen and oxygen atoms in total. The van der Waals surface area contributed by atoms with E-state index in [2.05, 4.69) is 69.8 Å². The van der Waals surface area contributed by atoms with Crippen molar-refractivity contribution in [2.24, 2.45) is 5.92 Å². The Kier molecular flexibility index (Phi) is 4.54. The minimum absolute atomic E-state index is 0.804. The summed E-state index contributed by atoms with van der Waals surface area (Å²) in [4.78, 5) is 0. The van der Waals surface area contributed by atoms with Crippen LogP contribution in [0.3, 0.4) is 0 Å². The molecule has 2 fully saturated rings. The summed E-state index contributed by atoms with van der Waals surface area (Å²) in [7, 11) is 0. The summed E-state index contributed by atoms with van der Waals surface area (Å²) in [6, 6.07) is 19.1. The van der Waals surface area contributed by atoms with Gasteiger partial charge in [-0.1, -0.05) is 58.4 Å². The van der Waals surface area contributed by atoms with Gasteiger partial charge in [0.05, 0.1) is 0 Å². The highest BCUT2D eigenvalue weighted by molar-refractivity contribution is 9.10. The Hall–Kier alpha value is -1.12. The molecule has 2 bridgehead atoms. The van der Waals surface area contributed by atoms with Gasteiger partial charge >= 0.3 is 0 Å². The molecular weight excluding hydrogens is 346 g/mol. The number of nitrogens with one attached hydrogen (secondary N) is 1. The Bertz CT molecular complexity index is 655. The van der Waals surface area contributed by atoms with Crippen LogP contribution < -0.4 is 5.32 Å². The van der Waals surface area contributed by atoms with Crippen molar-refractivity contribution in [3.05, 3.63) is 58.6 Å². The quantitative estimate of drug-likeness (QED) is 0.741. The van der Waals surface area contributed by atoms with Gasteiger partial charge in [-0.3, -0.25) is 0 Å². The number of piperidine rings is 1. The summed E-state index contributed by atoms with van der Waals surface area (Å²) >= 11 is 3.75. The molecule has 0 amide bonds. The summed E-state index contributed by atoms with van der Waals surface area (Å²) in [6.45, 7) is 0. The molecule has 2 aromatic rings. The molecule has 2 heteroatoms. The molecule has 1 unspecified atom stereocenters. The maximum absolute atomic E-state index is 3.75. The first-order valence-corrected chi connectivity index (χ1v) is 9.67. The van der Waals surface area contributed by atoms with Crippen LogP contribution in [-0.2, 0) is 6.42 Å². The number of rotatable bonds is 4. The zero-order chi connectivity index (χ0) is 15.6. The first-order chi connectivity index (χ1) is 11.3. The number of benzene rings is 2. The van der Waals surface area contributed by atoms with Crippen LogP contribution in [0.1, 0.15) is 37.7 Å². The van der Waals surface area contributed by atoms with Gasteiger partial charge in [0.15, 0.2) is 0 Å². The fraction of sp³-hybridized carbons (Fsp3) is 0.429. The maximum Gasteiger partial charge on any atom is 0.0207 e. The van der Waals surface area contributed by atoms with E-state index in [1.54, 1.807) is 0 Å². The summed E-state index contributed by atoms with van der Waals surface area (Å²) in [5, 5.41) is 3.75. The van der Waals surface area contributed by atoms with Gasteiger partial charge in [-0.15, -0.1) is 0 Å². The highest BCUT2D eigenvalue weighted by Gasteiger charge is 2.32. The largest absolute Gasteiger partial charge is 0.311 e. The van der Waals surface area contributed by atoms with Gasteiger partial charge in [-0.2, -0.15) is 0 Å². The lowest BCUT2D eigenvalue weighted by molar-refractivity contribution is 0.286. The van der Waals surface area contributed by atoms with E-state index in [0.717, 1.165) is 18.0 Å². The first-order valence-electron chi connectivity index (χ1n) is 8.88. The molecule has 0 radical (unpaired) electrons. The van der Waals surface area contributed by atoms with Gasteiger partial charge in [0.2, 0.25) is 0 Å². The molecule has 1 N–H and O–H groups in total. The zero-order valence-electron chi connectivity index (χ0n) is 13.5. The lowest BCUT2D eigenvalue weighted by Gasteiger charge is -2.29. The number of hydrogen-bond acceptors (Lipinski definition) is 1. The smallest absolute Gasteiger partial charge is 0.0207 e. The Morgan fingerprint density at radius 3 is 2.39 bits per heavy atom. The Morgan fingerprint density at radius 2 is 1.65 bits per heavy atom. The third-order valence-electron chi connectivity index (χ3n) is 5.55. The lowest BCUT2D eigenvalue weighted by atomic mass is 9.87.